The molecule has 1 N–H and O–H groups in total. The molecule has 1 atom stereocenters. The molecule has 0 aromatic heterocycles. The predicted molar refractivity (Wildman–Crippen MR) is 50.1 cm³/mol. The van der Waals surface area contributed by atoms with Crippen LogP contribution in [0.3, 0.4) is 0 Å². The fourth-order valence-corrected chi connectivity index (χ4v) is 2.57. The van der Waals surface area contributed by atoms with Gasteiger partial charge in [0.2, 0.25) is 0 Å². The Kier molecular flexibility index (Phi) is 2.59. The summed E-state index contributed by atoms with van der Waals surface area (Å²) in [6, 6.07) is -0.797. The third-order valence-corrected chi connectivity index (χ3v) is 3.61. The highest BCUT2D eigenvalue weighted by Crippen LogP contribution is 2.54. The number of rotatable bonds is 2. The first-order chi connectivity index (χ1) is 7.79. The maximum atomic E-state index is 12.3. The van der Waals surface area contributed by atoms with Crippen molar-refractivity contribution >= 4 is 11.9 Å². The maximum absolute atomic E-state index is 12.3. The van der Waals surface area contributed by atoms with Gasteiger partial charge in [0.05, 0.1) is 5.41 Å². The third kappa shape index (κ3) is 1.87. The molecular formula is C10H12F3NO3. The van der Waals surface area contributed by atoms with Crippen LogP contribution in [0.25, 0.3) is 0 Å². The van der Waals surface area contributed by atoms with Gasteiger partial charge in [0, 0.05) is 12.6 Å². The fourth-order valence-electron chi connectivity index (χ4n) is 2.57. The van der Waals surface area contributed by atoms with Crippen LogP contribution in [0.4, 0.5) is 13.2 Å². The summed E-state index contributed by atoms with van der Waals surface area (Å²) >= 11 is 0. The number of hydrogen-bond donors (Lipinski definition) is 1. The molecule has 17 heavy (non-hydrogen) atoms. The lowest BCUT2D eigenvalue weighted by molar-refractivity contribution is -0.188. The molecule has 0 aromatic rings. The Morgan fingerprint density at radius 3 is 2.29 bits per heavy atom. The van der Waals surface area contributed by atoms with E-state index in [4.69, 9.17) is 5.11 Å². The van der Waals surface area contributed by atoms with Crippen LogP contribution in [0.1, 0.15) is 25.7 Å². The highest BCUT2D eigenvalue weighted by molar-refractivity contribution is 5.85. The van der Waals surface area contributed by atoms with E-state index in [-0.39, 0.29) is 6.54 Å². The number of hydrogen-bond acceptors (Lipinski definition) is 2. The number of carbonyl (C=O) groups excluding carboxylic acids is 1. The van der Waals surface area contributed by atoms with Gasteiger partial charge in [-0.15, -0.1) is 0 Å². The van der Waals surface area contributed by atoms with E-state index in [1.807, 2.05) is 0 Å². The average Bonchev–Trinajstić information content (AvgIpc) is 2.88. The van der Waals surface area contributed by atoms with E-state index in [0.29, 0.717) is 30.6 Å². The van der Waals surface area contributed by atoms with E-state index in [2.05, 4.69) is 0 Å². The molecule has 2 fully saturated rings. The summed E-state index contributed by atoms with van der Waals surface area (Å²) in [6.07, 6.45) is -3.43. The lowest BCUT2D eigenvalue weighted by atomic mass is 9.94. The van der Waals surface area contributed by atoms with Gasteiger partial charge >= 0.3 is 18.1 Å². The molecule has 7 heteroatoms. The van der Waals surface area contributed by atoms with Crippen LogP contribution < -0.4 is 0 Å². The quantitative estimate of drug-likeness (QED) is 0.807. The first-order valence-corrected chi connectivity index (χ1v) is 5.40. The molecule has 1 saturated heterocycles. The van der Waals surface area contributed by atoms with Crippen molar-refractivity contribution in [3.63, 3.8) is 0 Å². The second kappa shape index (κ2) is 3.61. The van der Waals surface area contributed by atoms with Crippen molar-refractivity contribution in [3.05, 3.63) is 0 Å². The van der Waals surface area contributed by atoms with E-state index >= 15 is 0 Å². The fraction of sp³-hybridized carbons (Fsp3) is 0.800. The van der Waals surface area contributed by atoms with Gasteiger partial charge in [0.15, 0.2) is 0 Å². The number of carboxylic acid groups (broad SMARTS) is 1. The number of aliphatic carboxylic acids is 1. The number of carboxylic acids is 1. The Labute approximate surface area is 95.4 Å². The smallest absolute Gasteiger partial charge is 0.471 e. The van der Waals surface area contributed by atoms with Crippen LogP contribution in [0.5, 0.6) is 0 Å². The lowest BCUT2D eigenvalue weighted by Gasteiger charge is -2.29. The molecule has 0 aromatic carbocycles. The van der Waals surface area contributed by atoms with Gasteiger partial charge < -0.3 is 10.0 Å². The largest absolute Gasteiger partial charge is 0.481 e. The molecule has 1 amide bonds. The molecule has 4 nitrogen and oxygen atoms in total. The molecule has 2 rings (SSSR count). The molecular weight excluding hydrogens is 239 g/mol. The molecule has 1 aliphatic heterocycles. The third-order valence-electron chi connectivity index (χ3n) is 3.61. The average molecular weight is 251 g/mol. The summed E-state index contributed by atoms with van der Waals surface area (Å²) < 4.78 is 37.0. The van der Waals surface area contributed by atoms with Crippen molar-refractivity contribution in [3.8, 4) is 0 Å². The Balaban J connectivity index is 2.19. The minimum Gasteiger partial charge on any atom is -0.481 e. The number of likely N-dealkylation sites (tertiary alicyclic amines) is 1. The number of halogens is 3. The molecule has 0 spiro atoms. The number of nitrogens with zero attached hydrogens (tertiary/aromatic N) is 1. The van der Waals surface area contributed by atoms with E-state index in [9.17, 15) is 22.8 Å². The second-order valence-corrected chi connectivity index (χ2v) is 4.62. The van der Waals surface area contributed by atoms with Gasteiger partial charge in [0.1, 0.15) is 0 Å². The van der Waals surface area contributed by atoms with Crippen molar-refractivity contribution in [2.45, 2.75) is 37.9 Å². The lowest BCUT2D eigenvalue weighted by Crippen LogP contribution is -2.49. The molecule has 1 aliphatic carbocycles. The normalized spacial score (nSPS) is 27.0. The number of amides is 1. The Morgan fingerprint density at radius 2 is 1.88 bits per heavy atom. The number of alkyl halides is 3. The molecule has 1 unspecified atom stereocenters. The predicted octanol–water partition coefficient (Wildman–Crippen LogP) is 1.40. The molecule has 0 bridgehead atoms. The first-order valence-electron chi connectivity index (χ1n) is 5.40. The zero-order valence-corrected chi connectivity index (χ0v) is 8.96. The molecule has 0 radical (unpaired) electrons. The summed E-state index contributed by atoms with van der Waals surface area (Å²) in [5.41, 5.74) is -1.13. The van der Waals surface area contributed by atoms with Crippen LogP contribution in [0.15, 0.2) is 0 Å². The summed E-state index contributed by atoms with van der Waals surface area (Å²) in [6.45, 7) is -0.00194. The SMILES string of the molecule is O=C(N1CCCC1C1(C(=O)O)CC1)C(F)(F)F. The monoisotopic (exact) mass is 251 g/mol. The Hall–Kier alpha value is -1.27. The maximum Gasteiger partial charge on any atom is 0.471 e. The topological polar surface area (TPSA) is 57.6 Å². The van der Waals surface area contributed by atoms with Crippen molar-refractivity contribution < 1.29 is 27.9 Å². The zero-order chi connectivity index (χ0) is 12.8. The Morgan fingerprint density at radius 1 is 1.29 bits per heavy atom. The van der Waals surface area contributed by atoms with Crippen LogP contribution >= 0.6 is 0 Å². The van der Waals surface area contributed by atoms with Crippen LogP contribution in [-0.4, -0.2) is 40.6 Å². The molecule has 2 aliphatic rings. The van der Waals surface area contributed by atoms with Crippen LogP contribution in [-0.2, 0) is 9.59 Å². The standard InChI is InChI=1S/C10H12F3NO3/c11-10(12,13)7(15)14-5-1-2-6(14)9(3-4-9)8(16)17/h6H,1-5H2,(H,16,17). The summed E-state index contributed by atoms with van der Waals surface area (Å²) in [5.74, 6) is -3.00. The van der Waals surface area contributed by atoms with Crippen molar-refractivity contribution in [2.75, 3.05) is 6.54 Å². The van der Waals surface area contributed by atoms with E-state index < -0.39 is 29.5 Å². The van der Waals surface area contributed by atoms with Gasteiger partial charge in [-0.1, -0.05) is 0 Å². The van der Waals surface area contributed by atoms with E-state index in [1.165, 1.54) is 0 Å². The first kappa shape index (κ1) is 12.2. The zero-order valence-electron chi connectivity index (χ0n) is 8.96. The molecule has 96 valence electrons. The van der Waals surface area contributed by atoms with E-state index in [1.54, 1.807) is 0 Å². The van der Waals surface area contributed by atoms with Crippen molar-refractivity contribution in [1.29, 1.82) is 0 Å². The van der Waals surface area contributed by atoms with Crippen molar-refractivity contribution in [2.24, 2.45) is 5.41 Å². The summed E-state index contributed by atoms with van der Waals surface area (Å²) in [4.78, 5) is 22.9. The van der Waals surface area contributed by atoms with E-state index in [0.717, 1.165) is 0 Å². The molecule has 1 heterocycles. The van der Waals surface area contributed by atoms with Gasteiger partial charge in [0.25, 0.3) is 0 Å². The molecule has 1 saturated carbocycles. The highest BCUT2D eigenvalue weighted by atomic mass is 19.4. The van der Waals surface area contributed by atoms with Gasteiger partial charge in [-0.25, -0.2) is 0 Å². The minimum absolute atomic E-state index is 0.00194. The summed E-state index contributed by atoms with van der Waals surface area (Å²) in [5, 5.41) is 9.05. The van der Waals surface area contributed by atoms with Gasteiger partial charge in [-0.3, -0.25) is 9.59 Å². The van der Waals surface area contributed by atoms with Gasteiger partial charge in [-0.2, -0.15) is 13.2 Å². The van der Waals surface area contributed by atoms with Crippen LogP contribution in [0, 0.1) is 5.41 Å². The summed E-state index contributed by atoms with van der Waals surface area (Å²) in [7, 11) is 0. The van der Waals surface area contributed by atoms with Crippen molar-refractivity contribution in [1.82, 2.24) is 4.90 Å². The Bertz CT molecular complexity index is 362. The highest BCUT2D eigenvalue weighted by Gasteiger charge is 2.61. The van der Waals surface area contributed by atoms with Crippen LogP contribution in [0.2, 0.25) is 0 Å². The second-order valence-electron chi connectivity index (χ2n) is 4.62. The minimum atomic E-state index is -4.92. The van der Waals surface area contributed by atoms with Gasteiger partial charge in [-0.05, 0) is 25.7 Å². The number of carbonyl (C=O) groups is 2.